The van der Waals surface area contributed by atoms with Crippen LogP contribution >= 0.6 is 12.2 Å². The minimum atomic E-state index is -0.206. The summed E-state index contributed by atoms with van der Waals surface area (Å²) in [5.74, 6) is -0.206. The number of amides is 1. The second-order valence-electron chi connectivity index (χ2n) is 6.69. The minimum Gasteiger partial charge on any atom is -0.370 e. The molecule has 6 heteroatoms. The van der Waals surface area contributed by atoms with Gasteiger partial charge in [-0.05, 0) is 48.5 Å². The maximum absolute atomic E-state index is 12.3. The quantitative estimate of drug-likeness (QED) is 0.688. The van der Waals surface area contributed by atoms with Gasteiger partial charge in [0.25, 0.3) is 5.91 Å². The van der Waals surface area contributed by atoms with E-state index in [1.165, 1.54) is 11.1 Å². The number of hydrogen-bond acceptors (Lipinski definition) is 3. The van der Waals surface area contributed by atoms with E-state index < -0.39 is 0 Å². The molecule has 1 aliphatic heterocycles. The van der Waals surface area contributed by atoms with Crippen LogP contribution < -0.4 is 15.5 Å². The summed E-state index contributed by atoms with van der Waals surface area (Å²) in [5.41, 5.74) is 3.94. The number of benzene rings is 2. The molecule has 142 valence electrons. The van der Waals surface area contributed by atoms with Crippen LogP contribution in [-0.4, -0.2) is 37.3 Å². The number of anilines is 1. The summed E-state index contributed by atoms with van der Waals surface area (Å²) >= 11 is 5.26. The molecule has 0 atom stereocenters. The Kier molecular flexibility index (Phi) is 6.92. The Morgan fingerprint density at radius 2 is 1.67 bits per heavy atom. The molecule has 0 unspecified atom stereocenters. The van der Waals surface area contributed by atoms with Crippen LogP contribution in [0.4, 0.5) is 5.69 Å². The zero-order valence-corrected chi connectivity index (χ0v) is 16.4. The second-order valence-corrected chi connectivity index (χ2v) is 7.10. The van der Waals surface area contributed by atoms with Crippen LogP contribution in [0.3, 0.4) is 0 Å². The van der Waals surface area contributed by atoms with Crippen LogP contribution in [-0.2, 0) is 17.7 Å². The predicted molar refractivity (Wildman–Crippen MR) is 111 cm³/mol. The first-order chi connectivity index (χ1) is 13.1. The van der Waals surface area contributed by atoms with Crippen molar-refractivity contribution in [3.8, 4) is 0 Å². The molecule has 1 amide bonds. The molecule has 0 aliphatic carbocycles. The van der Waals surface area contributed by atoms with Crippen molar-refractivity contribution >= 4 is 28.9 Å². The lowest BCUT2D eigenvalue weighted by Crippen LogP contribution is -3.12. The third kappa shape index (κ3) is 5.85. The Labute approximate surface area is 165 Å². The maximum atomic E-state index is 12.3. The number of aryl methyl sites for hydroxylation is 1. The smallest absolute Gasteiger partial charge is 0.257 e. The van der Waals surface area contributed by atoms with Gasteiger partial charge in [-0.1, -0.05) is 31.2 Å². The summed E-state index contributed by atoms with van der Waals surface area (Å²) in [6.45, 7) is 6.86. The SMILES string of the molecule is CCc1ccc(C(=O)NC(=S)Nc2ccc(C[NH+]3CCOCC3)cc2)cc1. The molecule has 0 bridgehead atoms. The Balaban J connectivity index is 1.50. The third-order valence-corrected chi connectivity index (χ3v) is 4.92. The maximum Gasteiger partial charge on any atom is 0.257 e. The molecule has 1 aliphatic rings. The van der Waals surface area contributed by atoms with Gasteiger partial charge in [0.1, 0.15) is 19.6 Å². The number of hydrogen-bond donors (Lipinski definition) is 3. The zero-order chi connectivity index (χ0) is 19.1. The molecule has 0 spiro atoms. The van der Waals surface area contributed by atoms with Gasteiger partial charge in [0, 0.05) is 16.8 Å². The first-order valence-corrected chi connectivity index (χ1v) is 9.76. The number of ether oxygens (including phenoxy) is 1. The molecular weight excluding hydrogens is 358 g/mol. The Morgan fingerprint density at radius 1 is 1.04 bits per heavy atom. The van der Waals surface area contributed by atoms with E-state index >= 15 is 0 Å². The van der Waals surface area contributed by atoms with Crippen molar-refractivity contribution in [3.05, 3.63) is 65.2 Å². The third-order valence-electron chi connectivity index (χ3n) is 4.72. The average molecular weight is 385 g/mol. The summed E-state index contributed by atoms with van der Waals surface area (Å²) in [5, 5.41) is 6.09. The predicted octanol–water partition coefficient (Wildman–Crippen LogP) is 1.79. The number of nitrogens with one attached hydrogen (secondary N) is 3. The van der Waals surface area contributed by atoms with Gasteiger partial charge in [-0.25, -0.2) is 0 Å². The van der Waals surface area contributed by atoms with Crippen LogP contribution in [0.25, 0.3) is 0 Å². The molecule has 2 aromatic rings. The van der Waals surface area contributed by atoms with Crippen LogP contribution in [0, 0.1) is 0 Å². The summed E-state index contributed by atoms with van der Waals surface area (Å²) < 4.78 is 5.40. The summed E-state index contributed by atoms with van der Waals surface area (Å²) in [7, 11) is 0. The van der Waals surface area contributed by atoms with E-state index in [2.05, 4.69) is 29.7 Å². The van der Waals surface area contributed by atoms with Gasteiger partial charge in [-0.15, -0.1) is 0 Å². The lowest BCUT2D eigenvalue weighted by atomic mass is 10.1. The number of morpholine rings is 1. The molecule has 5 nitrogen and oxygen atoms in total. The highest BCUT2D eigenvalue weighted by Gasteiger charge is 2.14. The Morgan fingerprint density at radius 3 is 2.30 bits per heavy atom. The van der Waals surface area contributed by atoms with Crippen molar-refractivity contribution in [2.75, 3.05) is 31.6 Å². The highest BCUT2D eigenvalue weighted by atomic mass is 32.1. The van der Waals surface area contributed by atoms with Crippen LogP contribution in [0.1, 0.15) is 28.4 Å². The van der Waals surface area contributed by atoms with Gasteiger partial charge < -0.3 is 15.0 Å². The highest BCUT2D eigenvalue weighted by molar-refractivity contribution is 7.80. The van der Waals surface area contributed by atoms with E-state index in [0.29, 0.717) is 10.7 Å². The first kappa shape index (κ1) is 19.5. The van der Waals surface area contributed by atoms with E-state index in [-0.39, 0.29) is 5.91 Å². The van der Waals surface area contributed by atoms with E-state index in [9.17, 15) is 4.79 Å². The average Bonchev–Trinajstić information content (AvgIpc) is 2.70. The van der Waals surface area contributed by atoms with E-state index in [4.69, 9.17) is 17.0 Å². The molecule has 1 saturated heterocycles. The van der Waals surface area contributed by atoms with Gasteiger partial charge in [0.2, 0.25) is 0 Å². The number of carbonyl (C=O) groups is 1. The van der Waals surface area contributed by atoms with E-state index in [1.54, 1.807) is 4.90 Å². The van der Waals surface area contributed by atoms with Gasteiger partial charge in [0.15, 0.2) is 5.11 Å². The number of thiocarbonyl (C=S) groups is 1. The van der Waals surface area contributed by atoms with Crippen molar-refractivity contribution < 1.29 is 14.4 Å². The standard InChI is InChI=1S/C21H25N3O2S/c1-2-16-3-7-18(8-4-16)20(25)23-21(27)22-19-9-5-17(6-10-19)15-24-11-13-26-14-12-24/h3-10H,2,11-15H2,1H3,(H2,22,23,25,27)/p+1. The molecule has 1 fully saturated rings. The van der Waals surface area contributed by atoms with Crippen LogP contribution in [0.15, 0.2) is 48.5 Å². The van der Waals surface area contributed by atoms with Crippen molar-refractivity contribution in [2.24, 2.45) is 0 Å². The second kappa shape index (κ2) is 9.60. The molecule has 0 aromatic heterocycles. The number of carbonyl (C=O) groups excluding carboxylic acids is 1. The van der Waals surface area contributed by atoms with Gasteiger partial charge in [0.05, 0.1) is 13.2 Å². The largest absolute Gasteiger partial charge is 0.370 e. The first-order valence-electron chi connectivity index (χ1n) is 9.35. The molecule has 0 saturated carbocycles. The molecule has 3 N–H and O–H groups in total. The fourth-order valence-corrected chi connectivity index (χ4v) is 3.27. The van der Waals surface area contributed by atoms with Crippen molar-refractivity contribution in [3.63, 3.8) is 0 Å². The highest BCUT2D eigenvalue weighted by Crippen LogP contribution is 2.09. The van der Waals surface area contributed by atoms with Crippen LogP contribution in [0.2, 0.25) is 0 Å². The fourth-order valence-electron chi connectivity index (χ4n) is 3.06. The summed E-state index contributed by atoms with van der Waals surface area (Å²) in [6, 6.07) is 15.7. The van der Waals surface area contributed by atoms with Gasteiger partial charge >= 0.3 is 0 Å². The Hall–Kier alpha value is -2.28. The number of quaternary nitrogens is 1. The molecule has 2 aromatic carbocycles. The summed E-state index contributed by atoms with van der Waals surface area (Å²) in [4.78, 5) is 13.8. The molecular formula is C21H26N3O2S+. The van der Waals surface area contributed by atoms with E-state index in [0.717, 1.165) is 45.0 Å². The molecule has 1 heterocycles. The molecule has 3 rings (SSSR count). The minimum absolute atomic E-state index is 0.206. The zero-order valence-electron chi connectivity index (χ0n) is 15.6. The molecule has 0 radical (unpaired) electrons. The van der Waals surface area contributed by atoms with Crippen molar-refractivity contribution in [2.45, 2.75) is 19.9 Å². The van der Waals surface area contributed by atoms with Gasteiger partial charge in [-0.2, -0.15) is 0 Å². The normalized spacial score (nSPS) is 14.6. The Bertz CT molecular complexity index is 769. The lowest BCUT2D eigenvalue weighted by molar-refractivity contribution is -0.921. The van der Waals surface area contributed by atoms with Crippen LogP contribution in [0.5, 0.6) is 0 Å². The van der Waals surface area contributed by atoms with Gasteiger partial charge in [-0.3, -0.25) is 10.1 Å². The van der Waals surface area contributed by atoms with E-state index in [1.807, 2.05) is 36.4 Å². The topological polar surface area (TPSA) is 54.8 Å². The van der Waals surface area contributed by atoms with Crippen molar-refractivity contribution in [1.29, 1.82) is 0 Å². The molecule has 27 heavy (non-hydrogen) atoms. The fraction of sp³-hybridized carbons (Fsp3) is 0.333. The lowest BCUT2D eigenvalue weighted by Gasteiger charge is -2.23. The number of rotatable bonds is 5. The monoisotopic (exact) mass is 384 g/mol. The van der Waals surface area contributed by atoms with Crippen molar-refractivity contribution in [1.82, 2.24) is 5.32 Å². The summed E-state index contributed by atoms with van der Waals surface area (Å²) in [6.07, 6.45) is 0.949.